The van der Waals surface area contributed by atoms with Crippen molar-refractivity contribution in [3.05, 3.63) is 30.5 Å². The summed E-state index contributed by atoms with van der Waals surface area (Å²) in [6, 6.07) is 7.38. The van der Waals surface area contributed by atoms with Gasteiger partial charge in [0.1, 0.15) is 11.9 Å². The highest BCUT2D eigenvalue weighted by molar-refractivity contribution is 7.97. The van der Waals surface area contributed by atoms with Crippen molar-refractivity contribution in [2.75, 3.05) is 32.6 Å². The summed E-state index contributed by atoms with van der Waals surface area (Å²) in [6.07, 6.45) is 2.61. The van der Waals surface area contributed by atoms with E-state index in [2.05, 4.69) is 10.3 Å². The van der Waals surface area contributed by atoms with Gasteiger partial charge >= 0.3 is 6.09 Å². The number of pyridine rings is 1. The van der Waals surface area contributed by atoms with Gasteiger partial charge in [0.25, 0.3) is 0 Å². The van der Waals surface area contributed by atoms with E-state index in [1.165, 1.54) is 0 Å². The number of carbonyl (C=O) groups is 1. The van der Waals surface area contributed by atoms with E-state index in [0.29, 0.717) is 49.0 Å². The molecule has 3 N–H and O–H groups in total. The number of nitrogens with two attached hydrogens (primary N) is 1. The molecule has 1 saturated heterocycles. The Kier molecular flexibility index (Phi) is 8.29. The molecule has 1 aliphatic rings. The summed E-state index contributed by atoms with van der Waals surface area (Å²) in [5.74, 6) is 2.22. The minimum absolute atomic E-state index is 0.0438. The number of piperidine rings is 1. The highest BCUT2D eigenvalue weighted by Gasteiger charge is 2.26. The normalized spacial score (nSPS) is 14.2. The molecule has 10 heteroatoms. The Morgan fingerprint density at radius 2 is 1.94 bits per heavy atom. The molecule has 1 amide bonds. The fraction of sp³-hybridized carbons (Fsp3) is 0.455. The van der Waals surface area contributed by atoms with Crippen LogP contribution in [0.4, 0.5) is 16.3 Å². The van der Waals surface area contributed by atoms with Crippen LogP contribution in [0.5, 0.6) is 17.2 Å². The molecule has 0 radical (unpaired) electrons. The maximum Gasteiger partial charge on any atom is 0.410 e. The van der Waals surface area contributed by atoms with Crippen LogP contribution in [0.1, 0.15) is 26.7 Å². The summed E-state index contributed by atoms with van der Waals surface area (Å²) in [4.78, 5) is 19.1. The Morgan fingerprint density at radius 3 is 2.56 bits per heavy atom. The van der Waals surface area contributed by atoms with Crippen LogP contribution in [0.2, 0.25) is 0 Å². The van der Waals surface area contributed by atoms with Crippen molar-refractivity contribution in [3.63, 3.8) is 0 Å². The molecular formula is C22H30N4O5S. The number of carbonyl (C=O) groups excluding carboxylic acids is 1. The van der Waals surface area contributed by atoms with E-state index in [1.807, 2.05) is 32.0 Å². The third kappa shape index (κ3) is 5.89. The van der Waals surface area contributed by atoms with Gasteiger partial charge in [0.2, 0.25) is 5.75 Å². The summed E-state index contributed by atoms with van der Waals surface area (Å²) < 4.78 is 22.6. The minimum atomic E-state index is -0.278. The molecule has 0 atom stereocenters. The summed E-state index contributed by atoms with van der Waals surface area (Å²) in [7, 11) is 3.17. The maximum atomic E-state index is 12.1. The second-order valence-corrected chi connectivity index (χ2v) is 8.24. The zero-order chi connectivity index (χ0) is 23.1. The zero-order valence-corrected chi connectivity index (χ0v) is 19.6. The summed E-state index contributed by atoms with van der Waals surface area (Å²) in [5, 5.41) is 8.89. The molecule has 1 aromatic heterocycles. The van der Waals surface area contributed by atoms with Gasteiger partial charge < -0.3 is 29.2 Å². The first-order valence-corrected chi connectivity index (χ1v) is 11.3. The molecule has 1 aromatic carbocycles. The highest BCUT2D eigenvalue weighted by Crippen LogP contribution is 2.38. The molecule has 1 aliphatic heterocycles. The Morgan fingerprint density at radius 1 is 1.19 bits per heavy atom. The summed E-state index contributed by atoms with van der Waals surface area (Å²) >= 11 is 1.15. The average molecular weight is 463 g/mol. The molecule has 0 aliphatic carbocycles. The smallest absolute Gasteiger partial charge is 0.410 e. The van der Waals surface area contributed by atoms with E-state index in [4.69, 9.17) is 24.1 Å². The lowest BCUT2D eigenvalue weighted by Gasteiger charge is -2.32. The monoisotopic (exact) mass is 462 g/mol. The predicted octanol–water partition coefficient (Wildman–Crippen LogP) is 4.20. The lowest BCUT2D eigenvalue weighted by atomic mass is 10.1. The number of amides is 1. The lowest BCUT2D eigenvalue weighted by molar-refractivity contribution is 0.0511. The molecule has 9 nitrogen and oxygen atoms in total. The van der Waals surface area contributed by atoms with E-state index < -0.39 is 0 Å². The topological polar surface area (TPSA) is 108 Å². The number of hydrogen-bond acceptors (Lipinski definition) is 9. The number of anilines is 2. The van der Waals surface area contributed by atoms with Gasteiger partial charge in [-0.3, -0.25) is 5.14 Å². The van der Waals surface area contributed by atoms with Crippen molar-refractivity contribution in [2.45, 2.75) is 43.8 Å². The number of nitrogens with zero attached hydrogens (tertiary/aromatic N) is 2. The molecule has 32 heavy (non-hydrogen) atoms. The van der Waals surface area contributed by atoms with E-state index in [1.54, 1.807) is 31.4 Å². The fourth-order valence-corrected chi connectivity index (χ4v) is 3.72. The molecule has 3 rings (SSSR count). The minimum Gasteiger partial charge on any atom is -0.495 e. The van der Waals surface area contributed by atoms with Crippen molar-refractivity contribution in [1.29, 1.82) is 0 Å². The quantitative estimate of drug-likeness (QED) is 0.558. The first-order valence-electron chi connectivity index (χ1n) is 10.4. The third-order valence-electron chi connectivity index (χ3n) is 4.97. The molecule has 2 heterocycles. The van der Waals surface area contributed by atoms with Gasteiger partial charge in [0, 0.05) is 43.1 Å². The Bertz CT molecular complexity index is 919. The van der Waals surface area contributed by atoms with Crippen LogP contribution < -0.4 is 24.7 Å². The number of rotatable bonds is 8. The molecule has 0 bridgehead atoms. The summed E-state index contributed by atoms with van der Waals surface area (Å²) in [5.41, 5.74) is 0.727. The van der Waals surface area contributed by atoms with E-state index in [9.17, 15) is 4.79 Å². The van der Waals surface area contributed by atoms with Gasteiger partial charge in [-0.2, -0.15) is 0 Å². The van der Waals surface area contributed by atoms with Crippen molar-refractivity contribution in [2.24, 2.45) is 5.14 Å². The predicted molar refractivity (Wildman–Crippen MR) is 124 cm³/mol. The third-order valence-corrected chi connectivity index (χ3v) is 5.49. The van der Waals surface area contributed by atoms with Gasteiger partial charge in [-0.05, 0) is 44.0 Å². The maximum absolute atomic E-state index is 12.1. The van der Waals surface area contributed by atoms with Crippen LogP contribution in [0, 0.1) is 0 Å². The number of hydrogen-bond donors (Lipinski definition) is 2. The Balaban J connectivity index is 1.70. The van der Waals surface area contributed by atoms with Crippen LogP contribution in [-0.2, 0) is 4.74 Å². The Labute approximate surface area is 192 Å². The van der Waals surface area contributed by atoms with Crippen LogP contribution in [0.15, 0.2) is 35.4 Å². The largest absolute Gasteiger partial charge is 0.495 e. The highest BCUT2D eigenvalue weighted by atomic mass is 32.2. The molecule has 174 valence electrons. The van der Waals surface area contributed by atoms with Crippen molar-refractivity contribution in [1.82, 2.24) is 9.88 Å². The van der Waals surface area contributed by atoms with Gasteiger partial charge in [0.15, 0.2) is 11.6 Å². The van der Waals surface area contributed by atoms with E-state index in [0.717, 1.165) is 22.5 Å². The van der Waals surface area contributed by atoms with Crippen molar-refractivity contribution in [3.8, 4) is 17.2 Å². The number of ether oxygens (including phenoxy) is 4. The van der Waals surface area contributed by atoms with E-state index >= 15 is 0 Å². The van der Waals surface area contributed by atoms with Crippen LogP contribution in [-0.4, -0.2) is 55.5 Å². The van der Waals surface area contributed by atoms with Crippen molar-refractivity contribution >= 4 is 29.5 Å². The van der Waals surface area contributed by atoms with Gasteiger partial charge in [-0.15, -0.1) is 0 Å². The second kappa shape index (κ2) is 11.1. The van der Waals surface area contributed by atoms with Gasteiger partial charge in [-0.25, -0.2) is 9.78 Å². The van der Waals surface area contributed by atoms with Gasteiger partial charge in [-0.1, -0.05) is 0 Å². The first-order chi connectivity index (χ1) is 15.4. The molecule has 0 saturated carbocycles. The molecule has 2 aromatic rings. The molecule has 0 spiro atoms. The summed E-state index contributed by atoms with van der Waals surface area (Å²) in [6.45, 7) is 4.85. The molecular weight excluding hydrogens is 432 g/mol. The standard InChI is InChI=1S/C22H30N4O5S/c1-14(2)30-22(27)26-11-8-15(9-12-26)31-18-7-10-24-21(20(18)29-4)25-17-6-5-16(32-23)13-19(17)28-3/h5-7,10,13-15H,8-9,11-12,23H2,1-4H3,(H,24,25). The molecule has 1 fully saturated rings. The SMILES string of the molecule is COc1cc(SN)ccc1Nc1nccc(OC2CCN(C(=O)OC(C)C)CC2)c1OC. The lowest BCUT2D eigenvalue weighted by Crippen LogP contribution is -2.42. The second-order valence-electron chi connectivity index (χ2n) is 7.53. The van der Waals surface area contributed by atoms with Crippen LogP contribution >= 0.6 is 11.9 Å². The average Bonchev–Trinajstić information content (AvgIpc) is 2.79. The number of benzene rings is 1. The van der Waals surface area contributed by atoms with Crippen LogP contribution in [0.3, 0.4) is 0 Å². The van der Waals surface area contributed by atoms with Crippen molar-refractivity contribution < 1.29 is 23.7 Å². The fourth-order valence-electron chi connectivity index (χ4n) is 3.40. The van der Waals surface area contributed by atoms with E-state index in [-0.39, 0.29) is 18.3 Å². The van der Waals surface area contributed by atoms with Gasteiger partial charge in [0.05, 0.1) is 26.0 Å². The Hall–Kier alpha value is -2.85. The number of methoxy groups -OCH3 is 2. The van der Waals surface area contributed by atoms with Crippen LogP contribution in [0.25, 0.3) is 0 Å². The first kappa shape index (κ1) is 23.8. The number of likely N-dealkylation sites (tertiary alicyclic amines) is 1. The zero-order valence-electron chi connectivity index (χ0n) is 18.8. The number of nitrogens with one attached hydrogen (secondary N) is 1. The number of aromatic nitrogens is 1. The molecule has 0 unspecified atom stereocenters.